The van der Waals surface area contributed by atoms with Gasteiger partial charge in [0.2, 0.25) is 0 Å². The zero-order chi connectivity index (χ0) is 9.84. The SMILES string of the molecule is C=C1/C=C\CCC(=O)C(C)C(=O)C1. The van der Waals surface area contributed by atoms with Crippen LogP contribution in [0.1, 0.15) is 26.2 Å². The van der Waals surface area contributed by atoms with Gasteiger partial charge >= 0.3 is 0 Å². The Labute approximate surface area is 78.3 Å². The number of ketones is 2. The van der Waals surface area contributed by atoms with Crippen molar-refractivity contribution in [3.63, 3.8) is 0 Å². The van der Waals surface area contributed by atoms with Crippen molar-refractivity contribution in [1.82, 2.24) is 0 Å². The van der Waals surface area contributed by atoms with E-state index in [2.05, 4.69) is 6.58 Å². The third-order valence-electron chi connectivity index (χ3n) is 2.28. The van der Waals surface area contributed by atoms with E-state index in [0.717, 1.165) is 12.0 Å². The Morgan fingerprint density at radius 3 is 2.77 bits per heavy atom. The molecule has 0 radical (unpaired) electrons. The van der Waals surface area contributed by atoms with Crippen LogP contribution in [0.2, 0.25) is 0 Å². The van der Waals surface area contributed by atoms with Gasteiger partial charge in [0, 0.05) is 12.8 Å². The van der Waals surface area contributed by atoms with Gasteiger partial charge in [0.05, 0.1) is 5.92 Å². The molecular formula is C11H14O2. The van der Waals surface area contributed by atoms with Crippen LogP contribution in [0.5, 0.6) is 0 Å². The first kappa shape index (κ1) is 9.90. The van der Waals surface area contributed by atoms with Crippen molar-refractivity contribution in [2.75, 3.05) is 0 Å². The second-order valence-electron chi connectivity index (χ2n) is 3.43. The quantitative estimate of drug-likeness (QED) is 0.532. The lowest BCUT2D eigenvalue weighted by atomic mass is 9.95. The van der Waals surface area contributed by atoms with Crippen LogP contribution in [-0.4, -0.2) is 11.6 Å². The van der Waals surface area contributed by atoms with E-state index < -0.39 is 5.92 Å². The van der Waals surface area contributed by atoms with Crippen molar-refractivity contribution in [2.45, 2.75) is 26.2 Å². The molecule has 0 spiro atoms. The van der Waals surface area contributed by atoms with Gasteiger partial charge in [0.15, 0.2) is 0 Å². The van der Waals surface area contributed by atoms with E-state index in [9.17, 15) is 9.59 Å². The van der Waals surface area contributed by atoms with E-state index >= 15 is 0 Å². The van der Waals surface area contributed by atoms with Gasteiger partial charge in [0.1, 0.15) is 11.6 Å². The minimum Gasteiger partial charge on any atom is -0.299 e. The summed E-state index contributed by atoms with van der Waals surface area (Å²) in [5.74, 6) is -0.414. The molecule has 1 rings (SSSR count). The molecular weight excluding hydrogens is 164 g/mol. The van der Waals surface area contributed by atoms with Crippen LogP contribution in [0.25, 0.3) is 0 Å². The highest BCUT2D eigenvalue weighted by Crippen LogP contribution is 2.14. The largest absolute Gasteiger partial charge is 0.299 e. The fourth-order valence-corrected chi connectivity index (χ4v) is 1.31. The molecule has 0 fully saturated rings. The van der Waals surface area contributed by atoms with E-state index in [1.54, 1.807) is 6.92 Å². The first-order chi connectivity index (χ1) is 6.11. The smallest absolute Gasteiger partial charge is 0.147 e. The minimum atomic E-state index is -0.448. The molecule has 0 bridgehead atoms. The number of allylic oxidation sites excluding steroid dienone is 3. The van der Waals surface area contributed by atoms with Crippen molar-refractivity contribution < 1.29 is 9.59 Å². The average molecular weight is 178 g/mol. The number of carbonyl (C=O) groups is 2. The second kappa shape index (κ2) is 4.17. The lowest BCUT2D eigenvalue weighted by Gasteiger charge is -2.06. The molecule has 0 aromatic rings. The topological polar surface area (TPSA) is 34.1 Å². The monoisotopic (exact) mass is 178 g/mol. The van der Waals surface area contributed by atoms with E-state index in [-0.39, 0.29) is 11.6 Å². The fraction of sp³-hybridized carbons (Fsp3) is 0.455. The Hall–Kier alpha value is -1.18. The van der Waals surface area contributed by atoms with Gasteiger partial charge in [-0.3, -0.25) is 9.59 Å². The summed E-state index contributed by atoms with van der Waals surface area (Å²) in [6, 6.07) is 0. The number of hydrogen-bond donors (Lipinski definition) is 0. The Morgan fingerprint density at radius 2 is 2.08 bits per heavy atom. The maximum absolute atomic E-state index is 11.4. The average Bonchev–Trinajstić information content (AvgIpc) is 2.13. The molecule has 70 valence electrons. The normalized spacial score (nSPS) is 27.8. The predicted octanol–water partition coefficient (Wildman–Crippen LogP) is 2.06. The highest BCUT2D eigenvalue weighted by Gasteiger charge is 2.21. The lowest BCUT2D eigenvalue weighted by molar-refractivity contribution is -0.131. The van der Waals surface area contributed by atoms with Crippen molar-refractivity contribution in [3.05, 3.63) is 24.3 Å². The molecule has 0 aromatic heterocycles. The highest BCUT2D eigenvalue weighted by molar-refractivity contribution is 6.03. The van der Waals surface area contributed by atoms with Gasteiger partial charge in [-0.05, 0) is 18.9 Å². The molecule has 0 aliphatic heterocycles. The zero-order valence-electron chi connectivity index (χ0n) is 7.88. The van der Waals surface area contributed by atoms with Crippen molar-refractivity contribution in [3.8, 4) is 0 Å². The minimum absolute atomic E-state index is 0.0125. The van der Waals surface area contributed by atoms with Crippen molar-refractivity contribution >= 4 is 11.6 Å². The molecule has 0 amide bonds. The van der Waals surface area contributed by atoms with Gasteiger partial charge in [-0.2, -0.15) is 0 Å². The lowest BCUT2D eigenvalue weighted by Crippen LogP contribution is -2.20. The van der Waals surface area contributed by atoms with Crippen LogP contribution in [0.3, 0.4) is 0 Å². The molecule has 1 atom stereocenters. The summed E-state index contributed by atoms with van der Waals surface area (Å²) in [4.78, 5) is 22.8. The molecule has 1 aliphatic carbocycles. The summed E-state index contributed by atoms with van der Waals surface area (Å²) in [5, 5.41) is 0. The molecule has 13 heavy (non-hydrogen) atoms. The molecule has 2 heteroatoms. The van der Waals surface area contributed by atoms with Crippen LogP contribution in [0.15, 0.2) is 24.3 Å². The van der Waals surface area contributed by atoms with Gasteiger partial charge in [-0.15, -0.1) is 0 Å². The molecule has 1 aliphatic rings. The van der Waals surface area contributed by atoms with Crippen LogP contribution < -0.4 is 0 Å². The highest BCUT2D eigenvalue weighted by atomic mass is 16.1. The summed E-state index contributed by atoms with van der Waals surface area (Å²) in [5.41, 5.74) is 0.798. The first-order valence-electron chi connectivity index (χ1n) is 4.51. The number of rotatable bonds is 0. The summed E-state index contributed by atoms with van der Waals surface area (Å²) in [7, 11) is 0. The summed E-state index contributed by atoms with van der Waals surface area (Å²) in [6.45, 7) is 5.43. The van der Waals surface area contributed by atoms with Crippen LogP contribution >= 0.6 is 0 Å². The first-order valence-corrected chi connectivity index (χ1v) is 4.51. The van der Waals surface area contributed by atoms with Gasteiger partial charge in [-0.25, -0.2) is 0 Å². The summed E-state index contributed by atoms with van der Waals surface area (Å²) < 4.78 is 0. The standard InChI is InChI=1S/C11H14O2/c1-8-5-3-4-6-10(12)9(2)11(13)7-8/h3,5,9H,1,4,6-7H2,2H3/b5-3-. The molecule has 0 N–H and O–H groups in total. The number of carbonyl (C=O) groups excluding carboxylic acids is 2. The molecule has 2 nitrogen and oxygen atoms in total. The number of hydrogen-bond acceptors (Lipinski definition) is 2. The van der Waals surface area contributed by atoms with Crippen LogP contribution in [-0.2, 0) is 9.59 Å². The Kier molecular flexibility index (Phi) is 3.18. The third kappa shape index (κ3) is 2.65. The summed E-state index contributed by atoms with van der Waals surface area (Å²) >= 11 is 0. The fourth-order valence-electron chi connectivity index (χ4n) is 1.31. The molecule has 0 saturated carbocycles. The van der Waals surface area contributed by atoms with E-state index in [1.165, 1.54) is 0 Å². The molecule has 0 aromatic carbocycles. The maximum atomic E-state index is 11.4. The third-order valence-corrected chi connectivity index (χ3v) is 2.28. The second-order valence-corrected chi connectivity index (χ2v) is 3.43. The molecule has 1 unspecified atom stereocenters. The number of Topliss-reactive ketones (excluding diaryl/α,β-unsaturated/α-hetero) is 2. The maximum Gasteiger partial charge on any atom is 0.147 e. The molecule has 0 heterocycles. The Bertz CT molecular complexity index is 274. The van der Waals surface area contributed by atoms with Crippen molar-refractivity contribution in [2.24, 2.45) is 5.92 Å². The van der Waals surface area contributed by atoms with E-state index in [1.807, 2.05) is 12.2 Å². The van der Waals surface area contributed by atoms with E-state index in [4.69, 9.17) is 0 Å². The summed E-state index contributed by atoms with van der Waals surface area (Å²) in [6.07, 6.45) is 5.24. The molecule has 0 saturated heterocycles. The Morgan fingerprint density at radius 1 is 1.38 bits per heavy atom. The van der Waals surface area contributed by atoms with Gasteiger partial charge < -0.3 is 0 Å². The van der Waals surface area contributed by atoms with Gasteiger partial charge in [-0.1, -0.05) is 18.7 Å². The Balaban J connectivity index is 2.78. The van der Waals surface area contributed by atoms with Crippen LogP contribution in [0, 0.1) is 5.92 Å². The zero-order valence-corrected chi connectivity index (χ0v) is 7.88. The van der Waals surface area contributed by atoms with Gasteiger partial charge in [0.25, 0.3) is 0 Å². The van der Waals surface area contributed by atoms with Crippen molar-refractivity contribution in [1.29, 1.82) is 0 Å². The predicted molar refractivity (Wildman–Crippen MR) is 51.3 cm³/mol. The van der Waals surface area contributed by atoms with Crippen LogP contribution in [0.4, 0.5) is 0 Å². The van der Waals surface area contributed by atoms with E-state index in [0.29, 0.717) is 12.8 Å².